The van der Waals surface area contributed by atoms with E-state index in [1.807, 2.05) is 27.2 Å². The van der Waals surface area contributed by atoms with Crippen LogP contribution >= 0.6 is 7.82 Å². The van der Waals surface area contributed by atoms with Gasteiger partial charge in [-0.1, -0.05) is 349 Å². The van der Waals surface area contributed by atoms with Crippen LogP contribution in [0.2, 0.25) is 0 Å². The number of nitrogens with one attached hydrogen (secondary N) is 1. The molecule has 1 amide bonds. The number of carbonyl (C=O) groups excluding carboxylic acids is 1. The van der Waals surface area contributed by atoms with E-state index >= 15 is 0 Å². The molecule has 9 heteroatoms. The fraction of sp³-hybridized carbons (Fsp3) is 0.779. The number of hydrogen-bond donors (Lipinski definition) is 2. The molecule has 0 radical (unpaired) electrons. The summed E-state index contributed by atoms with van der Waals surface area (Å²) in [5, 5.41) is 14.0. The van der Waals surface area contributed by atoms with Gasteiger partial charge in [0.15, 0.2) is 0 Å². The second-order valence-corrected chi connectivity index (χ2v) is 27.3. The molecule has 0 spiro atoms. The van der Waals surface area contributed by atoms with Crippen molar-refractivity contribution in [3.63, 3.8) is 0 Å². The van der Waals surface area contributed by atoms with Crippen LogP contribution in [0.5, 0.6) is 0 Å². The van der Waals surface area contributed by atoms with Crippen LogP contribution in [-0.2, 0) is 18.4 Å². The van der Waals surface area contributed by atoms with Crippen molar-refractivity contribution in [1.82, 2.24) is 5.32 Å². The molecular weight excluding hydrogens is 1080 g/mol. The average Bonchev–Trinajstić information content (AvgIpc) is 3.70. The first kappa shape index (κ1) is 83.4. The summed E-state index contributed by atoms with van der Waals surface area (Å²) in [6, 6.07) is -0.894. The van der Waals surface area contributed by atoms with Crippen LogP contribution in [0.3, 0.4) is 0 Å². The van der Waals surface area contributed by atoms with E-state index < -0.39 is 20.0 Å². The number of quaternary nitrogens is 1. The zero-order valence-electron chi connectivity index (χ0n) is 57.3. The Kier molecular flexibility index (Phi) is 64.8. The van der Waals surface area contributed by atoms with Crippen LogP contribution in [0.1, 0.15) is 335 Å². The molecule has 0 aromatic heterocycles. The molecule has 3 atom stereocenters. The van der Waals surface area contributed by atoms with Crippen molar-refractivity contribution in [2.75, 3.05) is 40.9 Å². The van der Waals surface area contributed by atoms with Crippen molar-refractivity contribution >= 4 is 13.7 Å². The number of amides is 1. The highest BCUT2D eigenvalue weighted by Gasteiger charge is 2.23. The average molecular weight is 1220 g/mol. The lowest BCUT2D eigenvalue weighted by Gasteiger charge is -2.29. The van der Waals surface area contributed by atoms with Gasteiger partial charge in [0.05, 0.1) is 39.9 Å². The minimum atomic E-state index is -4.61. The molecule has 8 nitrogen and oxygen atoms in total. The maximum Gasteiger partial charge on any atom is 0.268 e. The van der Waals surface area contributed by atoms with Crippen LogP contribution in [0.4, 0.5) is 0 Å². The van der Waals surface area contributed by atoms with Crippen LogP contribution in [0.25, 0.3) is 0 Å². The predicted octanol–water partition coefficient (Wildman–Crippen LogP) is 23.0. The molecule has 0 saturated heterocycles. The zero-order valence-corrected chi connectivity index (χ0v) is 58.1. The van der Waals surface area contributed by atoms with Gasteiger partial charge in [0, 0.05) is 6.42 Å². The van der Waals surface area contributed by atoms with Crippen LogP contribution in [0, 0.1) is 0 Å². The lowest BCUT2D eigenvalue weighted by Crippen LogP contribution is -2.45. The molecule has 86 heavy (non-hydrogen) atoms. The lowest BCUT2D eigenvalue weighted by molar-refractivity contribution is -0.870. The summed E-state index contributed by atoms with van der Waals surface area (Å²) in [5.41, 5.74) is 0. The van der Waals surface area contributed by atoms with Gasteiger partial charge in [-0.25, -0.2) is 0 Å². The van der Waals surface area contributed by atoms with Crippen molar-refractivity contribution < 1.29 is 32.9 Å². The number of nitrogens with zero attached hydrogens (tertiary/aromatic N) is 1. The number of hydrogen-bond acceptors (Lipinski definition) is 6. The molecule has 0 fully saturated rings. The Bertz CT molecular complexity index is 1730. The largest absolute Gasteiger partial charge is 0.756 e. The Morgan fingerprint density at radius 1 is 0.419 bits per heavy atom. The highest BCUT2D eigenvalue weighted by Crippen LogP contribution is 2.38. The van der Waals surface area contributed by atoms with Gasteiger partial charge in [0.1, 0.15) is 13.2 Å². The van der Waals surface area contributed by atoms with E-state index in [-0.39, 0.29) is 19.1 Å². The second kappa shape index (κ2) is 66.8. The molecule has 0 saturated carbocycles. The molecule has 0 bridgehead atoms. The first-order chi connectivity index (χ1) is 42.0. The van der Waals surface area contributed by atoms with E-state index in [1.54, 1.807) is 6.08 Å². The Morgan fingerprint density at radius 2 is 0.709 bits per heavy atom. The van der Waals surface area contributed by atoms with Gasteiger partial charge in [-0.3, -0.25) is 9.36 Å². The summed E-state index contributed by atoms with van der Waals surface area (Å²) >= 11 is 0. The standard InChI is InChI=1S/C77H141N2O6P/c1-6-8-10-12-14-16-18-20-22-24-26-28-30-32-34-36-37-38-39-40-41-43-45-47-49-51-53-55-57-59-61-63-65-67-69-71-77(81)78-75(74-85-86(82,83)84-73-72-79(3,4)5)76(80)70-68-66-64-62-60-58-56-54-52-50-48-46-44-42-35-33-31-29-27-25-23-21-19-17-15-13-11-9-7-2/h8,10,14,16,20,22,26,28,32,34,37-38,40-41,68,70,75-76,80H,6-7,9,11-13,15,17-19,21,23-25,27,29-31,33,35-36,39,42-67,69,71-74H2,1-5H3,(H-,78,81,82,83)/b10-8-,16-14-,22-20-,28-26-,34-32-,38-37-,41-40-,70-68+. The lowest BCUT2D eigenvalue weighted by atomic mass is 10.0. The molecule has 0 heterocycles. The van der Waals surface area contributed by atoms with Crippen molar-refractivity contribution in [3.05, 3.63) is 97.2 Å². The van der Waals surface area contributed by atoms with Gasteiger partial charge in [0.2, 0.25) is 5.91 Å². The molecule has 0 aliphatic heterocycles. The number of likely N-dealkylation sites (N-methyl/N-ethyl adjacent to an activating group) is 1. The Labute approximate surface area is 534 Å². The third kappa shape index (κ3) is 68.9. The number of aliphatic hydroxyl groups excluding tert-OH is 1. The number of unbranched alkanes of at least 4 members (excludes halogenated alkanes) is 40. The molecule has 2 N–H and O–H groups in total. The van der Waals surface area contributed by atoms with Crippen molar-refractivity contribution in [2.24, 2.45) is 0 Å². The monoisotopic (exact) mass is 1220 g/mol. The maximum absolute atomic E-state index is 13.1. The molecule has 0 aliphatic rings. The van der Waals surface area contributed by atoms with E-state index in [1.165, 1.54) is 231 Å². The van der Waals surface area contributed by atoms with Crippen LogP contribution < -0.4 is 10.2 Å². The number of phosphoric ester groups is 1. The predicted molar refractivity (Wildman–Crippen MR) is 376 cm³/mol. The summed E-state index contributed by atoms with van der Waals surface area (Å²) in [5.74, 6) is -0.198. The molecule has 0 aromatic rings. The summed E-state index contributed by atoms with van der Waals surface area (Å²) in [4.78, 5) is 25.7. The van der Waals surface area contributed by atoms with Crippen molar-refractivity contribution in [3.8, 4) is 0 Å². The minimum Gasteiger partial charge on any atom is -0.756 e. The normalized spacial score (nSPS) is 14.2. The first-order valence-electron chi connectivity index (χ1n) is 36.6. The fourth-order valence-corrected chi connectivity index (χ4v) is 11.4. The first-order valence-corrected chi connectivity index (χ1v) is 38.1. The molecule has 500 valence electrons. The Hall–Kier alpha value is -2.58. The molecular formula is C77H141N2O6P. The summed E-state index contributed by atoms with van der Waals surface area (Å²) in [7, 11) is 1.26. The summed E-state index contributed by atoms with van der Waals surface area (Å²) < 4.78 is 23.5. The number of allylic oxidation sites excluding steroid dienone is 15. The van der Waals surface area contributed by atoms with E-state index in [0.717, 1.165) is 83.5 Å². The quantitative estimate of drug-likeness (QED) is 0.0272. The highest BCUT2D eigenvalue weighted by atomic mass is 31.2. The fourth-order valence-electron chi connectivity index (χ4n) is 10.7. The topological polar surface area (TPSA) is 108 Å². The van der Waals surface area contributed by atoms with E-state index in [2.05, 4.69) is 104 Å². The van der Waals surface area contributed by atoms with Gasteiger partial charge in [-0.2, -0.15) is 0 Å². The summed E-state index contributed by atoms with van der Waals surface area (Å²) in [6.07, 6.45) is 96.8. The van der Waals surface area contributed by atoms with Crippen molar-refractivity contribution in [2.45, 2.75) is 347 Å². The Balaban J connectivity index is 4.07. The van der Waals surface area contributed by atoms with E-state index in [9.17, 15) is 19.4 Å². The van der Waals surface area contributed by atoms with Crippen LogP contribution in [-0.4, -0.2) is 68.5 Å². The maximum atomic E-state index is 13.1. The number of aliphatic hydroxyl groups is 1. The number of carbonyl (C=O) groups is 1. The summed E-state index contributed by atoms with van der Waals surface area (Å²) in [6.45, 7) is 4.57. The van der Waals surface area contributed by atoms with Gasteiger partial charge in [0.25, 0.3) is 7.82 Å². The number of rotatable bonds is 67. The second-order valence-electron chi connectivity index (χ2n) is 25.9. The smallest absolute Gasteiger partial charge is 0.268 e. The molecule has 0 aromatic carbocycles. The van der Waals surface area contributed by atoms with Gasteiger partial charge in [-0.15, -0.1) is 0 Å². The van der Waals surface area contributed by atoms with Gasteiger partial charge in [-0.05, 0) is 77.0 Å². The van der Waals surface area contributed by atoms with Crippen molar-refractivity contribution in [1.29, 1.82) is 0 Å². The van der Waals surface area contributed by atoms with Gasteiger partial charge < -0.3 is 28.8 Å². The Morgan fingerprint density at radius 3 is 1.03 bits per heavy atom. The minimum absolute atomic E-state index is 0.00377. The van der Waals surface area contributed by atoms with Crippen LogP contribution in [0.15, 0.2) is 97.2 Å². The third-order valence-electron chi connectivity index (χ3n) is 16.3. The van der Waals surface area contributed by atoms with E-state index in [4.69, 9.17) is 9.05 Å². The third-order valence-corrected chi connectivity index (χ3v) is 17.3. The number of phosphoric acid groups is 1. The highest BCUT2D eigenvalue weighted by molar-refractivity contribution is 7.45. The molecule has 3 unspecified atom stereocenters. The zero-order chi connectivity index (χ0) is 62.6. The van der Waals surface area contributed by atoms with E-state index in [0.29, 0.717) is 17.4 Å². The van der Waals surface area contributed by atoms with Gasteiger partial charge >= 0.3 is 0 Å². The molecule has 0 rings (SSSR count). The molecule has 0 aliphatic carbocycles. The SMILES string of the molecule is CC/C=C\C/C=C\C/C=C\C/C=C\C/C=C\C/C=C\C/C=C\CCCCCCCCCCCCCCCC(=O)NC(COP(=O)([O-])OCC[N+](C)(C)C)C(O)/C=C/CCCCCCCCCCCCCCCCCCCCCCCCCCCCC.